The van der Waals surface area contributed by atoms with Crippen LogP contribution in [-0.4, -0.2) is 12.1 Å². The zero-order valence-corrected chi connectivity index (χ0v) is 8.89. The van der Waals surface area contributed by atoms with E-state index < -0.39 is 16.9 Å². The molecule has 0 saturated heterocycles. The molecule has 0 N–H and O–H groups in total. The molecule has 14 heavy (non-hydrogen) atoms. The minimum atomic E-state index is -5.54. The number of alkyl halides is 6. The van der Waals surface area contributed by atoms with Crippen molar-refractivity contribution in [2.75, 3.05) is 0 Å². The topological polar surface area (TPSA) is 0 Å². The van der Waals surface area contributed by atoms with E-state index in [1.54, 1.807) is 0 Å². The standard InChI is InChI=1S/C7H4BrF5S/c8-5(4-2-1-3-14-4)6(9,10)7(11,12)13/h1-3,5H. The van der Waals surface area contributed by atoms with E-state index in [0.29, 0.717) is 0 Å². The maximum Gasteiger partial charge on any atom is 0.454 e. The lowest BCUT2D eigenvalue weighted by molar-refractivity contribution is -0.281. The van der Waals surface area contributed by atoms with Crippen LogP contribution in [0.3, 0.4) is 0 Å². The molecule has 1 aromatic heterocycles. The smallest absolute Gasteiger partial charge is 0.195 e. The van der Waals surface area contributed by atoms with Gasteiger partial charge in [0.2, 0.25) is 0 Å². The molecular weight excluding hydrogens is 291 g/mol. The first-order valence-electron chi connectivity index (χ1n) is 3.39. The summed E-state index contributed by atoms with van der Waals surface area (Å²) >= 11 is 3.21. The van der Waals surface area contributed by atoms with Gasteiger partial charge in [0.1, 0.15) is 4.83 Å². The van der Waals surface area contributed by atoms with Crippen molar-refractivity contribution in [3.05, 3.63) is 22.4 Å². The number of halogens is 6. The zero-order chi connectivity index (χ0) is 11.0. The third kappa shape index (κ3) is 2.08. The molecule has 0 aliphatic heterocycles. The minimum absolute atomic E-state index is 0.0488. The van der Waals surface area contributed by atoms with Gasteiger partial charge >= 0.3 is 12.1 Å². The summed E-state index contributed by atoms with van der Waals surface area (Å²) in [6, 6.07) is 2.64. The van der Waals surface area contributed by atoms with Gasteiger partial charge in [0.25, 0.3) is 0 Å². The molecule has 0 bridgehead atoms. The van der Waals surface area contributed by atoms with E-state index in [0.717, 1.165) is 11.3 Å². The highest BCUT2D eigenvalue weighted by Crippen LogP contribution is 2.49. The Morgan fingerprint density at radius 3 is 2.14 bits per heavy atom. The summed E-state index contributed by atoms with van der Waals surface area (Å²) in [5, 5.41) is 1.44. The van der Waals surface area contributed by atoms with E-state index in [2.05, 4.69) is 15.9 Å². The Bertz CT molecular complexity index is 292. The quantitative estimate of drug-likeness (QED) is 0.561. The molecule has 1 rings (SSSR count). The van der Waals surface area contributed by atoms with Crippen molar-refractivity contribution in [2.45, 2.75) is 16.9 Å². The van der Waals surface area contributed by atoms with E-state index in [4.69, 9.17) is 0 Å². The van der Waals surface area contributed by atoms with Crippen LogP contribution in [0.4, 0.5) is 22.0 Å². The molecule has 1 unspecified atom stereocenters. The van der Waals surface area contributed by atoms with Gasteiger partial charge in [0.15, 0.2) is 0 Å². The molecule has 0 saturated carbocycles. The summed E-state index contributed by atoms with van der Waals surface area (Å²) in [6.07, 6.45) is -5.54. The van der Waals surface area contributed by atoms with Gasteiger partial charge in [-0.1, -0.05) is 22.0 Å². The molecule has 0 spiro atoms. The van der Waals surface area contributed by atoms with Gasteiger partial charge in [-0.05, 0) is 11.4 Å². The second-order valence-electron chi connectivity index (χ2n) is 2.50. The summed E-state index contributed by atoms with van der Waals surface area (Å²) in [4.78, 5) is -2.07. The van der Waals surface area contributed by atoms with Crippen molar-refractivity contribution in [2.24, 2.45) is 0 Å². The van der Waals surface area contributed by atoms with Crippen LogP contribution in [0.15, 0.2) is 17.5 Å². The maximum atomic E-state index is 12.7. The fraction of sp³-hybridized carbons (Fsp3) is 0.429. The molecule has 80 valence electrons. The first-order valence-corrected chi connectivity index (χ1v) is 5.18. The molecular formula is C7H4BrF5S. The van der Waals surface area contributed by atoms with Crippen LogP contribution in [0.1, 0.15) is 9.70 Å². The number of thiophene rings is 1. The Morgan fingerprint density at radius 2 is 1.79 bits per heavy atom. The van der Waals surface area contributed by atoms with Gasteiger partial charge in [-0.2, -0.15) is 22.0 Å². The first kappa shape index (κ1) is 11.9. The van der Waals surface area contributed by atoms with Crippen LogP contribution in [0, 0.1) is 0 Å². The second kappa shape index (κ2) is 3.77. The van der Waals surface area contributed by atoms with Crippen molar-refractivity contribution < 1.29 is 22.0 Å². The largest absolute Gasteiger partial charge is 0.454 e. The molecule has 0 aliphatic rings. The molecule has 0 aromatic carbocycles. The highest BCUT2D eigenvalue weighted by molar-refractivity contribution is 9.09. The SMILES string of the molecule is FC(F)(F)C(F)(F)C(Br)c1cccs1. The Balaban J connectivity index is 2.94. The van der Waals surface area contributed by atoms with Crippen molar-refractivity contribution in [1.82, 2.24) is 0 Å². The highest BCUT2D eigenvalue weighted by Gasteiger charge is 2.62. The molecule has 7 heteroatoms. The molecule has 0 amide bonds. The van der Waals surface area contributed by atoms with Gasteiger partial charge in [-0.3, -0.25) is 0 Å². The van der Waals surface area contributed by atoms with E-state index in [1.807, 2.05) is 0 Å². The van der Waals surface area contributed by atoms with Gasteiger partial charge in [0.05, 0.1) is 0 Å². The van der Waals surface area contributed by atoms with E-state index >= 15 is 0 Å². The third-order valence-corrected chi connectivity index (χ3v) is 3.80. The van der Waals surface area contributed by atoms with E-state index in [1.165, 1.54) is 17.5 Å². The lowest BCUT2D eigenvalue weighted by Gasteiger charge is -2.23. The molecule has 1 aromatic rings. The Hall–Kier alpha value is -0.170. The predicted molar refractivity (Wildman–Crippen MR) is 47.0 cm³/mol. The fourth-order valence-corrected chi connectivity index (χ4v) is 2.23. The summed E-state index contributed by atoms with van der Waals surface area (Å²) in [7, 11) is 0. The van der Waals surface area contributed by atoms with Gasteiger partial charge in [0, 0.05) is 4.88 Å². The Labute approximate surface area is 88.9 Å². The number of hydrogen-bond acceptors (Lipinski definition) is 1. The summed E-state index contributed by atoms with van der Waals surface area (Å²) in [5.74, 6) is -4.75. The highest BCUT2D eigenvalue weighted by atomic mass is 79.9. The maximum absolute atomic E-state index is 12.7. The van der Waals surface area contributed by atoms with Crippen molar-refractivity contribution in [1.29, 1.82) is 0 Å². The third-order valence-electron chi connectivity index (χ3n) is 1.49. The molecule has 0 radical (unpaired) electrons. The average molecular weight is 295 g/mol. The van der Waals surface area contributed by atoms with Crippen molar-refractivity contribution >= 4 is 27.3 Å². The number of rotatable bonds is 2. The average Bonchev–Trinajstić information content (AvgIpc) is 2.52. The lowest BCUT2D eigenvalue weighted by atomic mass is 10.2. The minimum Gasteiger partial charge on any atom is -0.195 e. The molecule has 1 heterocycles. The van der Waals surface area contributed by atoms with Crippen LogP contribution in [-0.2, 0) is 0 Å². The van der Waals surface area contributed by atoms with Crippen LogP contribution < -0.4 is 0 Å². The van der Waals surface area contributed by atoms with Crippen molar-refractivity contribution in [3.63, 3.8) is 0 Å². The van der Waals surface area contributed by atoms with Crippen LogP contribution in [0.2, 0.25) is 0 Å². The summed E-state index contributed by atoms with van der Waals surface area (Å²) in [5.41, 5.74) is 0. The predicted octanol–water partition coefficient (Wildman–Crippen LogP) is 4.38. The van der Waals surface area contributed by atoms with Crippen LogP contribution in [0.25, 0.3) is 0 Å². The van der Waals surface area contributed by atoms with Crippen LogP contribution in [0.5, 0.6) is 0 Å². The van der Waals surface area contributed by atoms with Crippen LogP contribution >= 0.6 is 27.3 Å². The Morgan fingerprint density at radius 1 is 1.21 bits per heavy atom. The lowest BCUT2D eigenvalue weighted by Crippen LogP contribution is -2.39. The zero-order valence-electron chi connectivity index (χ0n) is 6.49. The Kier molecular flexibility index (Phi) is 3.20. The molecule has 0 fully saturated rings. The molecule has 0 aliphatic carbocycles. The molecule has 1 atom stereocenters. The molecule has 0 nitrogen and oxygen atoms in total. The van der Waals surface area contributed by atoms with E-state index in [9.17, 15) is 22.0 Å². The second-order valence-corrected chi connectivity index (χ2v) is 4.39. The monoisotopic (exact) mass is 294 g/mol. The first-order chi connectivity index (χ1) is 6.27. The van der Waals surface area contributed by atoms with E-state index in [-0.39, 0.29) is 4.88 Å². The summed E-state index contributed by atoms with van der Waals surface area (Å²) < 4.78 is 61.1. The number of hydrogen-bond donors (Lipinski definition) is 0. The van der Waals surface area contributed by atoms with Gasteiger partial charge in [-0.15, -0.1) is 11.3 Å². The van der Waals surface area contributed by atoms with Gasteiger partial charge in [-0.25, -0.2) is 0 Å². The van der Waals surface area contributed by atoms with Crippen molar-refractivity contribution in [3.8, 4) is 0 Å². The fourth-order valence-electron chi connectivity index (χ4n) is 0.758. The summed E-state index contributed by atoms with van der Waals surface area (Å²) in [6.45, 7) is 0. The van der Waals surface area contributed by atoms with Gasteiger partial charge < -0.3 is 0 Å². The normalized spacial score (nSPS) is 15.6.